The van der Waals surface area contributed by atoms with Crippen LogP contribution in [0.4, 0.5) is 0 Å². The molecule has 4 heteroatoms. The van der Waals surface area contributed by atoms with Crippen molar-refractivity contribution in [2.24, 2.45) is 14.1 Å². The average molecular weight is 1870 g/mol. The Balaban J connectivity index is 0.0000000960. The number of hydrogen-bond acceptors (Lipinski definition) is 0. The van der Waals surface area contributed by atoms with E-state index < -0.39 is 0 Å². The second-order valence-electron chi connectivity index (χ2n) is 38.2. The lowest BCUT2D eigenvalue weighted by molar-refractivity contribution is 1.01. The molecular weight excluding hydrogens is 1760 g/mol. The van der Waals surface area contributed by atoms with E-state index in [0.717, 1.165) is 0 Å². The Hall–Kier alpha value is -18.2. The van der Waals surface area contributed by atoms with Crippen LogP contribution in [-0.4, -0.2) is 18.3 Å². The molecule has 4 heterocycles. The fourth-order valence-corrected chi connectivity index (χ4v) is 21.4. The number of nitrogens with zero attached hydrogens (tertiary/aromatic N) is 4. The van der Waals surface area contributed by atoms with Crippen molar-refractivity contribution in [2.45, 2.75) is 41.5 Å². The molecule has 0 saturated carbocycles. The first-order valence-electron chi connectivity index (χ1n) is 50.5. The largest absolute Gasteiger partial charge is 0.344 e. The summed E-state index contributed by atoms with van der Waals surface area (Å²) < 4.78 is 9.25. The Morgan fingerprint density at radius 1 is 0.137 bits per heavy atom. The summed E-state index contributed by atoms with van der Waals surface area (Å²) in [5.74, 6) is 0. The van der Waals surface area contributed by atoms with Crippen molar-refractivity contribution in [3.63, 3.8) is 0 Å². The van der Waals surface area contributed by atoms with Crippen molar-refractivity contribution in [1.29, 1.82) is 0 Å². The summed E-state index contributed by atoms with van der Waals surface area (Å²) in [7, 11) is 4.26. The van der Waals surface area contributed by atoms with Crippen LogP contribution in [0.5, 0.6) is 0 Å². The van der Waals surface area contributed by atoms with E-state index in [0.29, 0.717) is 0 Å². The van der Waals surface area contributed by atoms with Gasteiger partial charge >= 0.3 is 0 Å². The lowest BCUT2D eigenvalue weighted by Crippen LogP contribution is -1.96. The van der Waals surface area contributed by atoms with Gasteiger partial charge in [0.2, 0.25) is 0 Å². The van der Waals surface area contributed by atoms with Gasteiger partial charge in [-0.1, -0.05) is 424 Å². The molecule has 4 aromatic heterocycles. The topological polar surface area (TPSA) is 19.7 Å². The molecule has 0 saturated heterocycles. The van der Waals surface area contributed by atoms with Gasteiger partial charge in [-0.05, 0) is 305 Å². The maximum Gasteiger partial charge on any atom is 0.0541 e. The number of aryl methyl sites for hydroxylation is 8. The average Bonchev–Trinajstić information content (AvgIpc) is 1.59. The fraction of sp³-hybridized carbons (Fsp3) is 0.0563. The third-order valence-electron chi connectivity index (χ3n) is 28.9. The van der Waals surface area contributed by atoms with E-state index in [9.17, 15) is 0 Å². The van der Waals surface area contributed by atoms with E-state index in [-0.39, 0.29) is 0 Å². The van der Waals surface area contributed by atoms with Crippen LogP contribution in [-0.2, 0) is 14.1 Å². The first-order valence-corrected chi connectivity index (χ1v) is 50.5. The van der Waals surface area contributed by atoms with Gasteiger partial charge in [0, 0.05) is 90.6 Å². The van der Waals surface area contributed by atoms with E-state index >= 15 is 0 Å². The molecule has 0 aliphatic rings. The second kappa shape index (κ2) is 41.5. The highest BCUT2D eigenvalue weighted by Crippen LogP contribution is 2.41. The maximum atomic E-state index is 2.36. The van der Waals surface area contributed by atoms with Crippen LogP contribution in [0.25, 0.3) is 218 Å². The molecule has 0 atom stereocenters. The molecular formula is C142H112N4. The van der Waals surface area contributed by atoms with Crippen molar-refractivity contribution < 1.29 is 0 Å². The predicted octanol–water partition coefficient (Wildman–Crippen LogP) is 39.1. The summed E-state index contributed by atoms with van der Waals surface area (Å²) in [6.07, 6.45) is 0. The number of hydrogen-bond donors (Lipinski definition) is 0. The molecule has 0 aliphatic carbocycles. The molecule has 29 aromatic rings. The third-order valence-corrected chi connectivity index (χ3v) is 28.9. The van der Waals surface area contributed by atoms with Gasteiger partial charge < -0.3 is 18.3 Å². The summed E-state index contributed by atoms with van der Waals surface area (Å²) in [6.45, 7) is 13.0. The third kappa shape index (κ3) is 18.9. The number of fused-ring (bicyclic) bond motifs is 21. The SMILES string of the molecule is Cc1c2ccccc2cc2ccccc12.Cc1cc2ccccc2c2ccccc12.Cc1ccc2c(c1)c1cc(-c3ccccc3)ccc1n2-c1ccccc1.Cc1ccc2cc3ccccc3cc2c1.Cc1cccc2cc3ccccc3cc12.Cc1ccccc1-n1c2ccccc2c2ccccc21.Cn1c2ccc(-c3ccccc3)cc2c2cc(-c3ccccc3)ccc21.Cn1c2ccccc2c2ccccc21. The number of aromatic nitrogens is 4. The zero-order valence-electron chi connectivity index (χ0n) is 83.6. The summed E-state index contributed by atoms with van der Waals surface area (Å²) in [4.78, 5) is 0. The molecule has 700 valence electrons. The molecule has 146 heavy (non-hydrogen) atoms. The monoisotopic (exact) mass is 1870 g/mol. The minimum Gasteiger partial charge on any atom is -0.344 e. The summed E-state index contributed by atoms with van der Waals surface area (Å²) in [6, 6.07) is 190. The summed E-state index contributed by atoms with van der Waals surface area (Å²) >= 11 is 0. The van der Waals surface area contributed by atoms with Crippen LogP contribution >= 0.6 is 0 Å². The molecule has 0 fully saturated rings. The van der Waals surface area contributed by atoms with E-state index in [4.69, 9.17) is 0 Å². The Morgan fingerprint density at radius 3 is 0.938 bits per heavy atom. The van der Waals surface area contributed by atoms with Crippen LogP contribution in [0.1, 0.15) is 33.4 Å². The normalized spacial score (nSPS) is 11.2. The van der Waals surface area contributed by atoms with Gasteiger partial charge in [-0.2, -0.15) is 0 Å². The zero-order chi connectivity index (χ0) is 99.1. The summed E-state index contributed by atoms with van der Waals surface area (Å²) in [5.41, 5.74) is 28.1. The smallest absolute Gasteiger partial charge is 0.0541 e. The van der Waals surface area contributed by atoms with Crippen LogP contribution in [0.3, 0.4) is 0 Å². The number of rotatable bonds is 5. The Morgan fingerprint density at radius 2 is 0.438 bits per heavy atom. The molecule has 4 nitrogen and oxygen atoms in total. The van der Waals surface area contributed by atoms with Gasteiger partial charge in [0.1, 0.15) is 0 Å². The van der Waals surface area contributed by atoms with Gasteiger partial charge in [0.25, 0.3) is 0 Å². The molecule has 0 N–H and O–H groups in total. The van der Waals surface area contributed by atoms with Crippen LogP contribution in [0.15, 0.2) is 534 Å². The van der Waals surface area contributed by atoms with Crippen LogP contribution in [0.2, 0.25) is 0 Å². The molecule has 25 aromatic carbocycles. The molecule has 0 bridgehead atoms. The van der Waals surface area contributed by atoms with Crippen molar-refractivity contribution in [3.05, 3.63) is 567 Å². The number of para-hydroxylation sites is 6. The highest BCUT2D eigenvalue weighted by molar-refractivity contribution is 6.15. The second-order valence-corrected chi connectivity index (χ2v) is 38.2. The molecule has 0 amide bonds. The minimum atomic E-state index is 1.20. The van der Waals surface area contributed by atoms with Gasteiger partial charge in [-0.25, -0.2) is 0 Å². The summed E-state index contributed by atoms with van der Waals surface area (Å²) in [5, 5.41) is 31.9. The first-order chi connectivity index (χ1) is 71.7. The Labute approximate surface area is 853 Å². The highest BCUT2D eigenvalue weighted by Gasteiger charge is 2.18. The van der Waals surface area contributed by atoms with Crippen molar-refractivity contribution in [2.75, 3.05) is 0 Å². The zero-order valence-corrected chi connectivity index (χ0v) is 83.6. The molecule has 0 unspecified atom stereocenters. The lowest BCUT2D eigenvalue weighted by atomic mass is 9.98. The standard InChI is InChI=1S/2C25H19N.C19H15N.4C15H12.C13H11N/c1-26-24-14-12-20(18-8-4-2-5-9-18)16-22(24)23-17-21(13-15-25(23)26)19-10-6-3-7-11-19;1-18-12-14-24-22(16-18)23-17-20(19-8-4-2-5-9-19)13-15-25(23)26(24)21-10-6-3-7-11-21;1-14-8-2-5-11-17(14)20-18-12-6-3-9-15(18)16-10-4-7-13-19(16)20;1-11-14-8-4-2-6-12(14)10-13-7-3-5-9-15(11)13;1-11-10-12-6-2-3-8-14(12)15-9-5-4-7-13(11)15;1-11-5-4-8-14-9-12-6-2-3-7-13(12)10-15(11)14;1-11-6-7-14-9-12-4-2-3-5-13(12)10-15(14)8-11;1-14-12-8-4-2-6-10(12)11-7-3-5-9-13(11)14/h2*2-17H,1H3;2-13H,1H3;4*2-10H,1H3;2-9H,1H3. The van der Waals surface area contributed by atoms with E-state index in [1.165, 1.54) is 252 Å². The lowest BCUT2D eigenvalue weighted by Gasteiger charge is -2.10. The van der Waals surface area contributed by atoms with Crippen molar-refractivity contribution >= 4 is 173 Å². The van der Waals surface area contributed by atoms with Gasteiger partial charge in [-0.15, -0.1) is 0 Å². The molecule has 0 radical (unpaired) electrons. The van der Waals surface area contributed by atoms with E-state index in [1.54, 1.807) is 0 Å². The minimum absolute atomic E-state index is 1.20. The molecule has 29 rings (SSSR count). The molecule has 0 spiro atoms. The maximum absolute atomic E-state index is 2.36. The first kappa shape index (κ1) is 92.8. The Kier molecular flexibility index (Phi) is 26.4. The van der Waals surface area contributed by atoms with Gasteiger partial charge in [0.05, 0.1) is 22.1 Å². The van der Waals surface area contributed by atoms with Crippen molar-refractivity contribution in [1.82, 2.24) is 18.3 Å². The Bertz CT molecular complexity index is 9530. The quantitative estimate of drug-likeness (QED) is 0.121. The predicted molar refractivity (Wildman–Crippen MR) is 633 cm³/mol. The number of benzene rings is 25. The van der Waals surface area contributed by atoms with E-state index in [2.05, 4.69) is 608 Å². The molecule has 0 aliphatic heterocycles. The van der Waals surface area contributed by atoms with Crippen LogP contribution < -0.4 is 0 Å². The fourth-order valence-electron chi connectivity index (χ4n) is 21.4. The van der Waals surface area contributed by atoms with Gasteiger partial charge in [-0.3, -0.25) is 0 Å². The highest BCUT2D eigenvalue weighted by atomic mass is 15.0. The van der Waals surface area contributed by atoms with Crippen LogP contribution in [0, 0.1) is 41.5 Å². The van der Waals surface area contributed by atoms with E-state index in [1.807, 2.05) is 0 Å². The van der Waals surface area contributed by atoms with Crippen molar-refractivity contribution in [3.8, 4) is 44.8 Å². The van der Waals surface area contributed by atoms with Gasteiger partial charge in [0.15, 0.2) is 0 Å².